The lowest BCUT2D eigenvalue weighted by Crippen LogP contribution is -2.27. The Hall–Kier alpha value is -1.36. The van der Waals surface area contributed by atoms with Crippen LogP contribution < -0.4 is 5.32 Å². The summed E-state index contributed by atoms with van der Waals surface area (Å²) in [7, 11) is 0. The van der Waals surface area contributed by atoms with Gasteiger partial charge in [-0.1, -0.05) is 22.0 Å². The molecule has 98 valence electrons. The molecule has 0 radical (unpaired) electrons. The number of rotatable bonds is 5. The van der Waals surface area contributed by atoms with Gasteiger partial charge in [0.25, 0.3) is 5.91 Å². The smallest absolute Gasteiger partial charge is 0.307 e. The third-order valence-corrected chi connectivity index (χ3v) is 2.56. The standard InChI is InChI=1S/C13H16BrNO3/c1-9(2)18-12(16)6-7-15-13(17)10-4-3-5-11(14)8-10/h3-5,8-9H,6-7H2,1-2H3,(H,15,17). The van der Waals surface area contributed by atoms with Crippen LogP contribution in [-0.2, 0) is 9.53 Å². The number of ether oxygens (including phenoxy) is 1. The SMILES string of the molecule is CC(C)OC(=O)CCNC(=O)c1cccc(Br)c1. The first-order valence-electron chi connectivity index (χ1n) is 5.72. The first kappa shape index (κ1) is 14.7. The monoisotopic (exact) mass is 313 g/mol. The quantitative estimate of drug-likeness (QED) is 0.850. The van der Waals surface area contributed by atoms with Crippen molar-refractivity contribution >= 4 is 27.8 Å². The molecule has 0 aliphatic carbocycles. The van der Waals surface area contributed by atoms with Crippen molar-refractivity contribution in [3.05, 3.63) is 34.3 Å². The summed E-state index contributed by atoms with van der Waals surface area (Å²) in [5.74, 6) is -0.506. The van der Waals surface area contributed by atoms with Crippen molar-refractivity contribution in [2.75, 3.05) is 6.54 Å². The molecule has 0 atom stereocenters. The maximum absolute atomic E-state index is 11.7. The molecule has 1 N–H and O–H groups in total. The Kier molecular flexibility index (Phi) is 5.85. The van der Waals surface area contributed by atoms with E-state index in [9.17, 15) is 9.59 Å². The Bertz CT molecular complexity index is 432. The maximum atomic E-state index is 11.7. The lowest BCUT2D eigenvalue weighted by Gasteiger charge is -2.08. The molecule has 5 heteroatoms. The van der Waals surface area contributed by atoms with Crippen LogP contribution in [0.15, 0.2) is 28.7 Å². The molecule has 1 aromatic carbocycles. The van der Waals surface area contributed by atoms with Crippen LogP contribution in [0.25, 0.3) is 0 Å². The van der Waals surface area contributed by atoms with Gasteiger partial charge in [-0.3, -0.25) is 9.59 Å². The van der Waals surface area contributed by atoms with Crippen LogP contribution in [0, 0.1) is 0 Å². The van der Waals surface area contributed by atoms with Crippen molar-refractivity contribution in [3.8, 4) is 0 Å². The van der Waals surface area contributed by atoms with Crippen LogP contribution in [0.3, 0.4) is 0 Å². The van der Waals surface area contributed by atoms with E-state index in [-0.39, 0.29) is 30.9 Å². The Morgan fingerprint density at radius 2 is 2.11 bits per heavy atom. The van der Waals surface area contributed by atoms with E-state index in [4.69, 9.17) is 4.74 Å². The summed E-state index contributed by atoms with van der Waals surface area (Å²) in [6.07, 6.45) is 0.0519. The van der Waals surface area contributed by atoms with Crippen molar-refractivity contribution in [2.24, 2.45) is 0 Å². The highest BCUT2D eigenvalue weighted by Crippen LogP contribution is 2.11. The summed E-state index contributed by atoms with van der Waals surface area (Å²) in [6, 6.07) is 7.07. The van der Waals surface area contributed by atoms with Gasteiger partial charge in [0.05, 0.1) is 12.5 Å². The molecule has 18 heavy (non-hydrogen) atoms. The third-order valence-electron chi connectivity index (χ3n) is 2.07. The summed E-state index contributed by atoms with van der Waals surface area (Å²) in [4.78, 5) is 23.0. The van der Waals surface area contributed by atoms with E-state index < -0.39 is 0 Å². The van der Waals surface area contributed by atoms with E-state index in [1.807, 2.05) is 6.07 Å². The molecule has 0 bridgehead atoms. The molecule has 0 unspecified atom stereocenters. The zero-order valence-corrected chi connectivity index (χ0v) is 12.0. The summed E-state index contributed by atoms with van der Waals surface area (Å²) in [6.45, 7) is 3.85. The molecule has 0 aliphatic rings. The normalized spacial score (nSPS) is 10.2. The molecule has 0 heterocycles. The average molecular weight is 314 g/mol. The third kappa shape index (κ3) is 5.31. The van der Waals surface area contributed by atoms with Gasteiger partial charge in [0.15, 0.2) is 0 Å². The minimum Gasteiger partial charge on any atom is -0.463 e. The Morgan fingerprint density at radius 3 is 2.72 bits per heavy atom. The summed E-state index contributed by atoms with van der Waals surface area (Å²) in [5.41, 5.74) is 0.557. The second kappa shape index (κ2) is 7.16. The first-order valence-corrected chi connectivity index (χ1v) is 6.51. The van der Waals surface area contributed by atoms with E-state index in [0.717, 1.165) is 4.47 Å². The van der Waals surface area contributed by atoms with E-state index in [0.29, 0.717) is 5.56 Å². The van der Waals surface area contributed by atoms with Gasteiger partial charge in [0.2, 0.25) is 0 Å². The van der Waals surface area contributed by atoms with Crippen LogP contribution in [0.4, 0.5) is 0 Å². The Balaban J connectivity index is 2.36. The lowest BCUT2D eigenvalue weighted by atomic mass is 10.2. The fourth-order valence-electron chi connectivity index (χ4n) is 1.33. The van der Waals surface area contributed by atoms with E-state index in [1.54, 1.807) is 32.0 Å². The molecule has 1 aromatic rings. The lowest BCUT2D eigenvalue weighted by molar-refractivity contribution is -0.147. The second-order valence-corrected chi connectivity index (χ2v) is 4.97. The summed E-state index contributed by atoms with van der Waals surface area (Å²) < 4.78 is 5.80. The van der Waals surface area contributed by atoms with Gasteiger partial charge in [-0.2, -0.15) is 0 Å². The van der Waals surface area contributed by atoms with E-state index in [1.165, 1.54) is 0 Å². The Labute approximate surface area is 115 Å². The molecular formula is C13H16BrNO3. The largest absolute Gasteiger partial charge is 0.463 e. The van der Waals surface area contributed by atoms with Gasteiger partial charge in [0.1, 0.15) is 0 Å². The number of carbonyl (C=O) groups excluding carboxylic acids is 2. The maximum Gasteiger partial charge on any atom is 0.307 e. The van der Waals surface area contributed by atoms with Crippen molar-refractivity contribution < 1.29 is 14.3 Å². The van der Waals surface area contributed by atoms with Crippen molar-refractivity contribution in [1.82, 2.24) is 5.32 Å². The van der Waals surface area contributed by atoms with Crippen LogP contribution in [0.2, 0.25) is 0 Å². The zero-order chi connectivity index (χ0) is 13.5. The van der Waals surface area contributed by atoms with Crippen LogP contribution in [0.5, 0.6) is 0 Å². The van der Waals surface area contributed by atoms with Gasteiger partial charge < -0.3 is 10.1 Å². The molecule has 4 nitrogen and oxygen atoms in total. The molecular weight excluding hydrogens is 298 g/mol. The Morgan fingerprint density at radius 1 is 1.39 bits per heavy atom. The zero-order valence-electron chi connectivity index (χ0n) is 10.4. The van der Waals surface area contributed by atoms with Crippen molar-refractivity contribution in [2.45, 2.75) is 26.4 Å². The van der Waals surface area contributed by atoms with Gasteiger partial charge in [-0.05, 0) is 32.0 Å². The molecule has 0 saturated heterocycles. The first-order chi connectivity index (χ1) is 8.49. The molecule has 0 fully saturated rings. The highest BCUT2D eigenvalue weighted by Gasteiger charge is 2.08. The van der Waals surface area contributed by atoms with Gasteiger partial charge in [-0.25, -0.2) is 0 Å². The predicted octanol–water partition coefficient (Wildman–Crippen LogP) is 2.52. The average Bonchev–Trinajstić information content (AvgIpc) is 2.27. The topological polar surface area (TPSA) is 55.4 Å². The fraction of sp³-hybridized carbons (Fsp3) is 0.385. The number of amides is 1. The van der Waals surface area contributed by atoms with E-state index >= 15 is 0 Å². The highest BCUT2D eigenvalue weighted by atomic mass is 79.9. The number of esters is 1. The molecule has 0 spiro atoms. The second-order valence-electron chi connectivity index (χ2n) is 4.05. The number of hydrogen-bond acceptors (Lipinski definition) is 3. The predicted molar refractivity (Wildman–Crippen MR) is 72.3 cm³/mol. The number of halogens is 1. The molecule has 0 aliphatic heterocycles. The van der Waals surface area contributed by atoms with Crippen molar-refractivity contribution in [3.63, 3.8) is 0 Å². The summed E-state index contributed by atoms with van der Waals surface area (Å²) in [5, 5.41) is 2.67. The van der Waals surface area contributed by atoms with Crippen LogP contribution in [-0.4, -0.2) is 24.5 Å². The van der Waals surface area contributed by atoms with Gasteiger partial charge >= 0.3 is 5.97 Å². The molecule has 1 rings (SSSR count). The molecule has 1 amide bonds. The van der Waals surface area contributed by atoms with Gasteiger partial charge in [-0.15, -0.1) is 0 Å². The fourth-order valence-corrected chi connectivity index (χ4v) is 1.73. The van der Waals surface area contributed by atoms with Gasteiger partial charge in [0, 0.05) is 16.6 Å². The minimum absolute atomic E-state index is 0.127. The van der Waals surface area contributed by atoms with E-state index in [2.05, 4.69) is 21.2 Å². The van der Waals surface area contributed by atoms with Crippen LogP contribution in [0.1, 0.15) is 30.6 Å². The number of nitrogens with one attached hydrogen (secondary N) is 1. The number of carbonyl (C=O) groups is 2. The molecule has 0 saturated carbocycles. The number of benzene rings is 1. The van der Waals surface area contributed by atoms with Crippen LogP contribution >= 0.6 is 15.9 Å². The molecule has 0 aromatic heterocycles. The minimum atomic E-state index is -0.306. The van der Waals surface area contributed by atoms with Crippen molar-refractivity contribution in [1.29, 1.82) is 0 Å². The number of hydrogen-bond donors (Lipinski definition) is 1. The summed E-state index contributed by atoms with van der Waals surface area (Å²) >= 11 is 3.29. The highest BCUT2D eigenvalue weighted by molar-refractivity contribution is 9.10.